The minimum absolute atomic E-state index is 0.0783. The maximum Gasteiger partial charge on any atom is 0.143 e. The normalized spacial score (nSPS) is 10.4. The average Bonchev–Trinajstić information content (AvgIpc) is 2.81. The highest BCUT2D eigenvalue weighted by molar-refractivity contribution is 5.75. The van der Waals surface area contributed by atoms with E-state index in [0.29, 0.717) is 22.3 Å². The summed E-state index contributed by atoms with van der Waals surface area (Å²) in [5.41, 5.74) is 2.25. The Kier molecular flexibility index (Phi) is 2.21. The molecule has 85 valence electrons. The van der Waals surface area contributed by atoms with Gasteiger partial charge in [0.05, 0.1) is 11.6 Å². The maximum absolute atomic E-state index is 9.72. The largest absolute Gasteiger partial charge is 0.506 e. The Labute approximate surface area is 103 Å². The van der Waals surface area contributed by atoms with E-state index in [1.807, 2.05) is 6.07 Å². The van der Waals surface area contributed by atoms with E-state index in [1.165, 1.54) is 10.9 Å². The smallest absolute Gasteiger partial charge is 0.143 e. The Balaban J connectivity index is 2.20. The van der Waals surface area contributed by atoms with Crippen molar-refractivity contribution < 1.29 is 5.11 Å². The first-order chi connectivity index (χ1) is 8.78. The molecule has 0 aliphatic rings. The summed E-state index contributed by atoms with van der Waals surface area (Å²) in [6.07, 6.45) is 0. The van der Waals surface area contributed by atoms with Crippen LogP contribution in [0.2, 0.25) is 0 Å². The Hall–Kier alpha value is -2.87. The lowest BCUT2D eigenvalue weighted by Gasteiger charge is -2.00. The molecule has 3 aromatic rings. The van der Waals surface area contributed by atoms with Gasteiger partial charge in [0.25, 0.3) is 0 Å². The van der Waals surface area contributed by atoms with Gasteiger partial charge < -0.3 is 5.11 Å². The first kappa shape index (κ1) is 10.3. The van der Waals surface area contributed by atoms with Crippen molar-refractivity contribution in [2.75, 3.05) is 0 Å². The van der Waals surface area contributed by atoms with Crippen molar-refractivity contribution in [3.05, 3.63) is 48.0 Å². The third-order valence-electron chi connectivity index (χ3n) is 2.54. The highest BCUT2D eigenvalue weighted by Crippen LogP contribution is 2.20. The summed E-state index contributed by atoms with van der Waals surface area (Å²) in [5, 5.41) is 27.0. The topological polar surface area (TPSA) is 74.7 Å². The second-order valence-corrected chi connectivity index (χ2v) is 3.72. The predicted molar refractivity (Wildman–Crippen MR) is 64.1 cm³/mol. The van der Waals surface area contributed by atoms with E-state index in [0.717, 1.165) is 0 Å². The number of nitriles is 1. The number of hydrogen-bond acceptors (Lipinski definition) is 4. The SMILES string of the molecule is N#Cc1ccc2nn(-c3c[c]ccc3O)nc2c1. The summed E-state index contributed by atoms with van der Waals surface area (Å²) < 4.78 is 0. The minimum atomic E-state index is 0.0783. The van der Waals surface area contributed by atoms with E-state index in [1.54, 1.807) is 30.3 Å². The molecule has 18 heavy (non-hydrogen) atoms. The third-order valence-corrected chi connectivity index (χ3v) is 2.54. The lowest BCUT2D eigenvalue weighted by molar-refractivity contribution is 0.468. The van der Waals surface area contributed by atoms with Crippen molar-refractivity contribution in [2.24, 2.45) is 0 Å². The molecular formula is C13H7N4O. The molecule has 0 saturated carbocycles. The van der Waals surface area contributed by atoms with Crippen molar-refractivity contribution in [2.45, 2.75) is 0 Å². The van der Waals surface area contributed by atoms with Gasteiger partial charge >= 0.3 is 0 Å². The van der Waals surface area contributed by atoms with E-state index in [2.05, 4.69) is 16.3 Å². The molecule has 1 N–H and O–H groups in total. The lowest BCUT2D eigenvalue weighted by Crippen LogP contribution is -1.98. The van der Waals surface area contributed by atoms with Crippen LogP contribution in [0.1, 0.15) is 5.56 Å². The van der Waals surface area contributed by atoms with Gasteiger partial charge in [0.1, 0.15) is 22.5 Å². The fourth-order valence-corrected chi connectivity index (χ4v) is 1.67. The van der Waals surface area contributed by atoms with Crippen molar-refractivity contribution in [1.29, 1.82) is 5.26 Å². The van der Waals surface area contributed by atoms with Crippen molar-refractivity contribution in [3.8, 4) is 17.5 Å². The molecule has 1 heterocycles. The summed E-state index contributed by atoms with van der Waals surface area (Å²) in [5.74, 6) is 0.0783. The molecule has 2 aromatic carbocycles. The number of aromatic nitrogens is 3. The van der Waals surface area contributed by atoms with Crippen LogP contribution in [-0.2, 0) is 0 Å². The Bertz CT molecular complexity index is 770. The van der Waals surface area contributed by atoms with Crippen LogP contribution in [0.5, 0.6) is 5.75 Å². The fourth-order valence-electron chi connectivity index (χ4n) is 1.67. The van der Waals surface area contributed by atoms with Crippen LogP contribution >= 0.6 is 0 Å². The van der Waals surface area contributed by atoms with Gasteiger partial charge in [-0.1, -0.05) is 6.07 Å². The van der Waals surface area contributed by atoms with Crippen molar-refractivity contribution >= 4 is 11.0 Å². The molecule has 0 unspecified atom stereocenters. The molecule has 1 radical (unpaired) electrons. The number of phenolic OH excluding ortho intramolecular Hbond substituents is 1. The maximum atomic E-state index is 9.72. The highest BCUT2D eigenvalue weighted by atomic mass is 16.3. The van der Waals surface area contributed by atoms with E-state index < -0.39 is 0 Å². The molecule has 0 bridgehead atoms. The van der Waals surface area contributed by atoms with E-state index in [4.69, 9.17) is 5.26 Å². The lowest BCUT2D eigenvalue weighted by atomic mass is 10.2. The van der Waals surface area contributed by atoms with Crippen LogP contribution in [0.4, 0.5) is 0 Å². The zero-order chi connectivity index (χ0) is 12.5. The van der Waals surface area contributed by atoms with E-state index in [-0.39, 0.29) is 5.75 Å². The quantitative estimate of drug-likeness (QED) is 0.697. The zero-order valence-corrected chi connectivity index (χ0v) is 9.20. The molecular weight excluding hydrogens is 228 g/mol. The van der Waals surface area contributed by atoms with Gasteiger partial charge in [-0.25, -0.2) is 0 Å². The fraction of sp³-hybridized carbons (Fsp3) is 0. The molecule has 5 nitrogen and oxygen atoms in total. The van der Waals surface area contributed by atoms with Gasteiger partial charge in [-0.2, -0.15) is 5.26 Å². The number of fused-ring (bicyclic) bond motifs is 1. The number of hydrogen-bond donors (Lipinski definition) is 1. The van der Waals surface area contributed by atoms with Gasteiger partial charge in [-0.15, -0.1) is 15.0 Å². The number of phenols is 1. The van der Waals surface area contributed by atoms with Gasteiger partial charge in [-0.3, -0.25) is 0 Å². The molecule has 1 aromatic heterocycles. The molecule has 0 aliphatic heterocycles. The molecule has 0 spiro atoms. The Morgan fingerprint density at radius 3 is 2.83 bits per heavy atom. The predicted octanol–water partition coefficient (Wildman–Crippen LogP) is 1.80. The van der Waals surface area contributed by atoms with Crippen LogP contribution < -0.4 is 0 Å². The molecule has 3 rings (SSSR count). The standard InChI is InChI=1S/C13H7N4O/c14-8-9-5-6-10-11(7-9)16-17(15-10)12-3-1-2-4-13(12)18/h2-7,18H. The van der Waals surface area contributed by atoms with Crippen molar-refractivity contribution in [3.63, 3.8) is 0 Å². The zero-order valence-electron chi connectivity index (χ0n) is 9.20. The van der Waals surface area contributed by atoms with E-state index in [9.17, 15) is 5.11 Å². The molecule has 0 fully saturated rings. The summed E-state index contributed by atoms with van der Waals surface area (Å²) in [7, 11) is 0. The second-order valence-electron chi connectivity index (χ2n) is 3.72. The Morgan fingerprint density at radius 2 is 2.06 bits per heavy atom. The van der Waals surface area contributed by atoms with Gasteiger partial charge in [-0.05, 0) is 36.4 Å². The van der Waals surface area contributed by atoms with Gasteiger partial charge in [0.15, 0.2) is 0 Å². The van der Waals surface area contributed by atoms with Crippen LogP contribution in [-0.4, -0.2) is 20.1 Å². The Morgan fingerprint density at radius 1 is 1.22 bits per heavy atom. The summed E-state index contributed by atoms with van der Waals surface area (Å²) in [4.78, 5) is 1.33. The van der Waals surface area contributed by atoms with Crippen LogP contribution in [0.25, 0.3) is 16.7 Å². The van der Waals surface area contributed by atoms with Crippen LogP contribution in [0, 0.1) is 17.4 Å². The monoisotopic (exact) mass is 235 g/mol. The molecule has 0 amide bonds. The van der Waals surface area contributed by atoms with Gasteiger partial charge in [0.2, 0.25) is 0 Å². The highest BCUT2D eigenvalue weighted by Gasteiger charge is 2.08. The first-order valence-electron chi connectivity index (χ1n) is 5.24. The van der Waals surface area contributed by atoms with Gasteiger partial charge in [0, 0.05) is 0 Å². The van der Waals surface area contributed by atoms with Crippen molar-refractivity contribution in [1.82, 2.24) is 15.0 Å². The second kappa shape index (κ2) is 3.86. The number of benzene rings is 2. The van der Waals surface area contributed by atoms with E-state index >= 15 is 0 Å². The molecule has 0 saturated heterocycles. The average molecular weight is 235 g/mol. The minimum Gasteiger partial charge on any atom is -0.506 e. The first-order valence-corrected chi connectivity index (χ1v) is 5.24. The summed E-state index contributed by atoms with van der Waals surface area (Å²) in [6.45, 7) is 0. The summed E-state index contributed by atoms with van der Waals surface area (Å²) in [6, 6.07) is 14.7. The summed E-state index contributed by atoms with van der Waals surface area (Å²) >= 11 is 0. The number of nitrogens with zero attached hydrogens (tertiary/aromatic N) is 4. The van der Waals surface area contributed by atoms with Crippen LogP contribution in [0.3, 0.4) is 0 Å². The van der Waals surface area contributed by atoms with Crippen LogP contribution in [0.15, 0.2) is 36.4 Å². The number of rotatable bonds is 1. The molecule has 0 atom stereocenters. The molecule has 0 aliphatic carbocycles. The third kappa shape index (κ3) is 1.57. The molecule has 5 heteroatoms. The number of aromatic hydroxyl groups is 1.